The van der Waals surface area contributed by atoms with Gasteiger partial charge in [-0.3, -0.25) is 4.79 Å². The highest BCUT2D eigenvalue weighted by Crippen LogP contribution is 2.33. The smallest absolute Gasteiger partial charge is 0.302 e. The largest absolute Gasteiger partial charge is 0.466 e. The van der Waals surface area contributed by atoms with Crippen LogP contribution in [-0.2, 0) is 23.7 Å². The zero-order chi connectivity index (χ0) is 14.8. The first-order valence-electron chi connectivity index (χ1n) is 7.16. The van der Waals surface area contributed by atoms with Crippen LogP contribution < -0.4 is 0 Å². The van der Waals surface area contributed by atoms with E-state index >= 15 is 0 Å². The molecule has 0 aromatic heterocycles. The summed E-state index contributed by atoms with van der Waals surface area (Å²) in [6.07, 6.45) is 0.814. The fourth-order valence-electron chi connectivity index (χ4n) is 2.66. The molecule has 6 heteroatoms. The molecule has 0 spiro atoms. The highest BCUT2D eigenvalue weighted by Gasteiger charge is 2.44. The van der Waals surface area contributed by atoms with E-state index in [0.717, 1.165) is 0 Å². The maximum Gasteiger partial charge on any atom is 0.302 e. The molecule has 1 N–H and O–H groups in total. The van der Waals surface area contributed by atoms with E-state index in [-0.39, 0.29) is 24.3 Å². The van der Waals surface area contributed by atoms with Crippen molar-refractivity contribution >= 4 is 5.97 Å². The van der Waals surface area contributed by atoms with Crippen molar-refractivity contribution < 1.29 is 28.8 Å². The minimum absolute atomic E-state index is 0.126. The Morgan fingerprint density at radius 3 is 2.85 bits per heavy atom. The summed E-state index contributed by atoms with van der Waals surface area (Å²) in [5, 5.41) is 10.1. The van der Waals surface area contributed by atoms with Gasteiger partial charge in [-0.05, 0) is 26.7 Å². The Bertz CT molecular complexity index is 343. The van der Waals surface area contributed by atoms with Gasteiger partial charge in [0.15, 0.2) is 5.79 Å². The van der Waals surface area contributed by atoms with Crippen molar-refractivity contribution in [2.75, 3.05) is 13.2 Å². The fraction of sp³-hybridized carbons (Fsp3) is 0.929. The van der Waals surface area contributed by atoms with Crippen LogP contribution in [0.1, 0.15) is 40.0 Å². The van der Waals surface area contributed by atoms with Crippen molar-refractivity contribution in [3.05, 3.63) is 0 Å². The number of ether oxygens (including phenoxy) is 4. The Morgan fingerprint density at radius 2 is 2.15 bits per heavy atom. The molecule has 2 aliphatic heterocycles. The molecule has 0 amide bonds. The van der Waals surface area contributed by atoms with Crippen molar-refractivity contribution in [2.24, 2.45) is 0 Å². The molecule has 116 valence electrons. The van der Waals surface area contributed by atoms with E-state index in [4.69, 9.17) is 18.9 Å². The molecular weight excluding hydrogens is 264 g/mol. The summed E-state index contributed by atoms with van der Waals surface area (Å²) in [7, 11) is 0. The summed E-state index contributed by atoms with van der Waals surface area (Å²) in [5.74, 6) is -0.904. The summed E-state index contributed by atoms with van der Waals surface area (Å²) in [5.41, 5.74) is 0. The van der Waals surface area contributed by atoms with Crippen LogP contribution in [0.2, 0.25) is 0 Å². The van der Waals surface area contributed by atoms with E-state index in [1.54, 1.807) is 0 Å². The lowest BCUT2D eigenvalue weighted by molar-refractivity contribution is -0.336. The third-order valence-electron chi connectivity index (χ3n) is 3.64. The van der Waals surface area contributed by atoms with Crippen LogP contribution in [0.3, 0.4) is 0 Å². The van der Waals surface area contributed by atoms with E-state index < -0.39 is 11.9 Å². The maximum atomic E-state index is 10.7. The summed E-state index contributed by atoms with van der Waals surface area (Å²) in [6, 6.07) is 0. The number of hydrogen-bond donors (Lipinski definition) is 1. The average Bonchev–Trinajstić information content (AvgIpc) is 2.34. The van der Waals surface area contributed by atoms with Crippen molar-refractivity contribution in [3.8, 4) is 0 Å². The van der Waals surface area contributed by atoms with Gasteiger partial charge >= 0.3 is 5.97 Å². The summed E-state index contributed by atoms with van der Waals surface area (Å²) in [6.45, 7) is 5.94. The standard InChI is InChI=1S/C14H24O6/c1-9(15)17-6-4-5-11-10(16)7-12-13(19-11)8-18-14(2,3)20-12/h10-13,16H,4-8H2,1-3H3/t10-,11+,12+,13-/m1/s1. The third-order valence-corrected chi connectivity index (χ3v) is 3.64. The number of esters is 1. The summed E-state index contributed by atoms with van der Waals surface area (Å²) < 4.78 is 22.1. The molecule has 2 saturated heterocycles. The van der Waals surface area contributed by atoms with Gasteiger partial charge in [-0.15, -0.1) is 0 Å². The van der Waals surface area contributed by atoms with E-state index in [1.807, 2.05) is 13.8 Å². The number of rotatable bonds is 4. The Kier molecular flexibility index (Phi) is 5.01. The van der Waals surface area contributed by atoms with Gasteiger partial charge in [-0.2, -0.15) is 0 Å². The molecule has 2 fully saturated rings. The topological polar surface area (TPSA) is 74.2 Å². The summed E-state index contributed by atoms with van der Waals surface area (Å²) >= 11 is 0. The van der Waals surface area contributed by atoms with E-state index in [9.17, 15) is 9.90 Å². The predicted molar refractivity (Wildman–Crippen MR) is 70.1 cm³/mol. The molecule has 2 aliphatic rings. The van der Waals surface area contributed by atoms with Crippen LogP contribution >= 0.6 is 0 Å². The fourth-order valence-corrected chi connectivity index (χ4v) is 2.66. The number of fused-ring (bicyclic) bond motifs is 1. The van der Waals surface area contributed by atoms with Gasteiger partial charge in [0.05, 0.1) is 31.5 Å². The number of hydrogen-bond acceptors (Lipinski definition) is 6. The van der Waals surface area contributed by atoms with Gasteiger partial charge in [-0.25, -0.2) is 0 Å². The van der Waals surface area contributed by atoms with E-state index in [2.05, 4.69) is 0 Å². The lowest BCUT2D eigenvalue weighted by Gasteiger charge is -2.46. The molecule has 4 atom stereocenters. The number of aliphatic hydroxyl groups excluding tert-OH is 1. The SMILES string of the molecule is CC(=O)OCCC[C@@H]1O[C@@H]2COC(C)(C)O[C@H]2C[C@H]1O. The maximum absolute atomic E-state index is 10.7. The first kappa shape index (κ1) is 15.7. The van der Waals surface area contributed by atoms with Crippen LogP contribution in [0.15, 0.2) is 0 Å². The lowest BCUT2D eigenvalue weighted by Crippen LogP contribution is -2.57. The second-order valence-corrected chi connectivity index (χ2v) is 5.87. The van der Waals surface area contributed by atoms with Crippen molar-refractivity contribution in [3.63, 3.8) is 0 Å². The van der Waals surface area contributed by atoms with Crippen LogP contribution in [0.25, 0.3) is 0 Å². The number of aliphatic hydroxyl groups is 1. The van der Waals surface area contributed by atoms with Gasteiger partial charge in [0.2, 0.25) is 0 Å². The second-order valence-electron chi connectivity index (χ2n) is 5.87. The van der Waals surface area contributed by atoms with Crippen molar-refractivity contribution in [1.29, 1.82) is 0 Å². The second kappa shape index (κ2) is 6.39. The molecule has 20 heavy (non-hydrogen) atoms. The zero-order valence-corrected chi connectivity index (χ0v) is 12.3. The van der Waals surface area contributed by atoms with Crippen LogP contribution in [0.5, 0.6) is 0 Å². The van der Waals surface area contributed by atoms with E-state index in [1.165, 1.54) is 6.92 Å². The quantitative estimate of drug-likeness (QED) is 0.614. The van der Waals surface area contributed by atoms with Crippen LogP contribution in [-0.4, -0.2) is 54.5 Å². The average molecular weight is 288 g/mol. The molecule has 6 nitrogen and oxygen atoms in total. The predicted octanol–water partition coefficient (Wildman–Crippen LogP) is 1.000. The molecular formula is C14H24O6. The molecule has 0 aliphatic carbocycles. The Morgan fingerprint density at radius 1 is 1.40 bits per heavy atom. The minimum atomic E-state index is -0.619. The van der Waals surface area contributed by atoms with Crippen LogP contribution in [0, 0.1) is 0 Å². The summed E-state index contributed by atoms with van der Waals surface area (Å²) in [4.78, 5) is 10.7. The normalized spacial score (nSPS) is 36.2. The highest BCUT2D eigenvalue weighted by atomic mass is 16.7. The third kappa shape index (κ3) is 4.15. The lowest BCUT2D eigenvalue weighted by atomic mass is 9.94. The van der Waals surface area contributed by atoms with Crippen molar-refractivity contribution in [2.45, 2.75) is 70.2 Å². The first-order chi connectivity index (χ1) is 9.37. The van der Waals surface area contributed by atoms with Gasteiger partial charge < -0.3 is 24.1 Å². The molecule has 0 radical (unpaired) electrons. The highest BCUT2D eigenvalue weighted by molar-refractivity contribution is 5.65. The Hall–Kier alpha value is -0.690. The molecule has 2 heterocycles. The molecule has 0 unspecified atom stereocenters. The van der Waals surface area contributed by atoms with Crippen LogP contribution in [0.4, 0.5) is 0 Å². The van der Waals surface area contributed by atoms with E-state index in [0.29, 0.717) is 32.5 Å². The Labute approximate surface area is 119 Å². The van der Waals surface area contributed by atoms with Gasteiger partial charge in [0.1, 0.15) is 6.10 Å². The van der Waals surface area contributed by atoms with Gasteiger partial charge in [0, 0.05) is 13.3 Å². The number of carbonyl (C=O) groups is 1. The van der Waals surface area contributed by atoms with Gasteiger partial charge in [0.25, 0.3) is 0 Å². The monoisotopic (exact) mass is 288 g/mol. The first-order valence-corrected chi connectivity index (χ1v) is 7.16. The zero-order valence-electron chi connectivity index (χ0n) is 12.3. The molecule has 0 aromatic rings. The molecule has 2 rings (SSSR count). The van der Waals surface area contributed by atoms with Gasteiger partial charge in [-0.1, -0.05) is 0 Å². The van der Waals surface area contributed by atoms with Crippen molar-refractivity contribution in [1.82, 2.24) is 0 Å². The number of carbonyl (C=O) groups excluding carboxylic acids is 1. The molecule has 0 aromatic carbocycles. The Balaban J connectivity index is 1.79. The molecule has 0 saturated carbocycles. The molecule has 0 bridgehead atoms. The minimum Gasteiger partial charge on any atom is -0.466 e.